The second-order valence-corrected chi connectivity index (χ2v) is 11.3. The number of hydrogen-bond donors (Lipinski definition) is 1. The normalized spacial score (nSPS) is 22.6. The Balaban J connectivity index is 1.69. The van der Waals surface area contributed by atoms with Crippen LogP contribution in [0.3, 0.4) is 0 Å². The average molecular weight is 441 g/mol. The van der Waals surface area contributed by atoms with Crippen molar-refractivity contribution in [3.8, 4) is 11.1 Å². The SMILES string of the molecule is CC(C)C(=O)N1CCC2(CC2)C(NS(C)(=O)=O)C1Cc1cccc(-c2ccccc2)c1. The molecule has 2 atom stereocenters. The molecule has 0 bridgehead atoms. The Morgan fingerprint density at radius 2 is 1.74 bits per heavy atom. The van der Waals surface area contributed by atoms with E-state index in [0.717, 1.165) is 36.0 Å². The van der Waals surface area contributed by atoms with Gasteiger partial charge in [-0.25, -0.2) is 13.1 Å². The van der Waals surface area contributed by atoms with E-state index >= 15 is 0 Å². The van der Waals surface area contributed by atoms with E-state index in [9.17, 15) is 13.2 Å². The highest BCUT2D eigenvalue weighted by molar-refractivity contribution is 7.88. The predicted molar refractivity (Wildman–Crippen MR) is 124 cm³/mol. The van der Waals surface area contributed by atoms with Crippen LogP contribution in [-0.2, 0) is 21.2 Å². The van der Waals surface area contributed by atoms with Crippen molar-refractivity contribution in [3.05, 3.63) is 60.2 Å². The Bertz CT molecular complexity index is 1050. The first kappa shape index (κ1) is 22.0. The second-order valence-electron chi connectivity index (χ2n) is 9.50. The average Bonchev–Trinajstić information content (AvgIpc) is 3.51. The van der Waals surface area contributed by atoms with Crippen LogP contribution in [-0.4, -0.2) is 44.1 Å². The molecule has 2 unspecified atom stereocenters. The molecule has 1 spiro atoms. The first-order valence-corrected chi connectivity index (χ1v) is 13.0. The lowest BCUT2D eigenvalue weighted by Gasteiger charge is -2.47. The Morgan fingerprint density at radius 3 is 2.35 bits per heavy atom. The maximum atomic E-state index is 13.1. The molecule has 1 aliphatic carbocycles. The van der Waals surface area contributed by atoms with Crippen molar-refractivity contribution in [3.63, 3.8) is 0 Å². The predicted octanol–water partition coefficient (Wildman–Crippen LogP) is 3.85. The van der Waals surface area contributed by atoms with Crippen LogP contribution in [0, 0.1) is 11.3 Å². The van der Waals surface area contributed by atoms with E-state index in [0.29, 0.717) is 13.0 Å². The maximum Gasteiger partial charge on any atom is 0.225 e. The highest BCUT2D eigenvalue weighted by Gasteiger charge is 2.57. The summed E-state index contributed by atoms with van der Waals surface area (Å²) in [5.74, 6) is -0.0229. The van der Waals surface area contributed by atoms with Crippen molar-refractivity contribution in [2.24, 2.45) is 11.3 Å². The molecule has 1 amide bonds. The van der Waals surface area contributed by atoms with Gasteiger partial charge in [-0.15, -0.1) is 0 Å². The van der Waals surface area contributed by atoms with E-state index in [2.05, 4.69) is 35.1 Å². The molecule has 1 aliphatic heterocycles. The zero-order chi connectivity index (χ0) is 22.2. The molecule has 2 fully saturated rings. The molecule has 6 heteroatoms. The summed E-state index contributed by atoms with van der Waals surface area (Å²) < 4.78 is 27.4. The molecular weight excluding hydrogens is 408 g/mol. The number of nitrogens with zero attached hydrogens (tertiary/aromatic N) is 1. The van der Waals surface area contributed by atoms with Gasteiger partial charge >= 0.3 is 0 Å². The Hall–Kier alpha value is -2.18. The van der Waals surface area contributed by atoms with E-state index in [1.54, 1.807) is 0 Å². The summed E-state index contributed by atoms with van der Waals surface area (Å²) in [5.41, 5.74) is 3.38. The minimum atomic E-state index is -3.39. The van der Waals surface area contributed by atoms with Crippen molar-refractivity contribution < 1.29 is 13.2 Å². The molecule has 5 nitrogen and oxygen atoms in total. The number of rotatable bonds is 6. The van der Waals surface area contributed by atoms with Crippen LogP contribution in [0.4, 0.5) is 0 Å². The van der Waals surface area contributed by atoms with E-state index in [1.165, 1.54) is 6.26 Å². The lowest BCUT2D eigenvalue weighted by Crippen LogP contribution is -2.62. The Morgan fingerprint density at radius 1 is 1.06 bits per heavy atom. The van der Waals surface area contributed by atoms with E-state index in [1.807, 2.05) is 43.0 Å². The van der Waals surface area contributed by atoms with Crippen LogP contribution in [0.15, 0.2) is 54.6 Å². The molecule has 31 heavy (non-hydrogen) atoms. The van der Waals surface area contributed by atoms with Crippen molar-refractivity contribution >= 4 is 15.9 Å². The van der Waals surface area contributed by atoms with Gasteiger partial charge in [-0.1, -0.05) is 68.4 Å². The topological polar surface area (TPSA) is 66.5 Å². The highest BCUT2D eigenvalue weighted by atomic mass is 32.2. The fraction of sp³-hybridized carbons (Fsp3) is 0.480. The number of piperidine rings is 1. The monoisotopic (exact) mass is 440 g/mol. The molecule has 2 aromatic rings. The largest absolute Gasteiger partial charge is 0.338 e. The number of carbonyl (C=O) groups excluding carboxylic acids is 1. The van der Waals surface area contributed by atoms with Gasteiger partial charge in [0.1, 0.15) is 0 Å². The van der Waals surface area contributed by atoms with Crippen LogP contribution >= 0.6 is 0 Å². The van der Waals surface area contributed by atoms with Gasteiger partial charge in [0, 0.05) is 18.5 Å². The van der Waals surface area contributed by atoms with Crippen LogP contribution < -0.4 is 4.72 Å². The fourth-order valence-corrected chi connectivity index (χ4v) is 5.86. The lowest BCUT2D eigenvalue weighted by atomic mass is 9.80. The van der Waals surface area contributed by atoms with Crippen molar-refractivity contribution in [2.75, 3.05) is 12.8 Å². The minimum Gasteiger partial charge on any atom is -0.338 e. The number of sulfonamides is 1. The Kier molecular flexibility index (Phi) is 5.97. The van der Waals surface area contributed by atoms with Crippen LogP contribution in [0.2, 0.25) is 0 Å². The third kappa shape index (κ3) is 4.85. The van der Waals surface area contributed by atoms with Crippen LogP contribution in [0.25, 0.3) is 11.1 Å². The molecule has 2 aliphatic rings. The standard InChI is InChI=1S/C25H32N2O3S/c1-18(2)24(28)27-15-14-25(12-13-25)23(26-31(3,29)30)22(27)17-19-8-7-11-21(16-19)20-9-5-4-6-10-20/h4-11,16,18,22-23,26H,12-15,17H2,1-3H3. The van der Waals surface area contributed by atoms with Gasteiger partial charge in [0.15, 0.2) is 0 Å². The lowest BCUT2D eigenvalue weighted by molar-refractivity contribution is -0.140. The van der Waals surface area contributed by atoms with E-state index in [4.69, 9.17) is 0 Å². The maximum absolute atomic E-state index is 13.1. The number of likely N-dealkylation sites (tertiary alicyclic amines) is 1. The number of benzene rings is 2. The first-order chi connectivity index (χ1) is 14.7. The molecule has 2 aromatic carbocycles. The van der Waals surface area contributed by atoms with Gasteiger partial charge in [0.2, 0.25) is 15.9 Å². The van der Waals surface area contributed by atoms with Gasteiger partial charge in [-0.3, -0.25) is 4.79 Å². The number of hydrogen-bond acceptors (Lipinski definition) is 3. The van der Waals surface area contributed by atoms with Gasteiger partial charge in [-0.2, -0.15) is 0 Å². The van der Waals surface area contributed by atoms with Crippen molar-refractivity contribution in [2.45, 2.75) is 51.6 Å². The summed E-state index contributed by atoms with van der Waals surface area (Å²) in [7, 11) is -3.39. The van der Waals surface area contributed by atoms with Gasteiger partial charge in [-0.05, 0) is 47.8 Å². The molecule has 4 rings (SSSR count). The molecular formula is C25H32N2O3S. The zero-order valence-corrected chi connectivity index (χ0v) is 19.4. The number of nitrogens with one attached hydrogen (secondary N) is 1. The highest BCUT2D eigenvalue weighted by Crippen LogP contribution is 2.56. The zero-order valence-electron chi connectivity index (χ0n) is 18.5. The summed E-state index contributed by atoms with van der Waals surface area (Å²) in [6.45, 7) is 4.52. The summed E-state index contributed by atoms with van der Waals surface area (Å²) >= 11 is 0. The summed E-state index contributed by atoms with van der Waals surface area (Å²) in [5, 5.41) is 0. The van der Waals surface area contributed by atoms with Crippen LogP contribution in [0.5, 0.6) is 0 Å². The summed E-state index contributed by atoms with van der Waals surface area (Å²) in [6.07, 6.45) is 4.75. The molecule has 0 aromatic heterocycles. The quantitative estimate of drug-likeness (QED) is 0.742. The number of carbonyl (C=O) groups is 1. The second kappa shape index (κ2) is 8.40. The third-order valence-electron chi connectivity index (χ3n) is 6.78. The summed E-state index contributed by atoms with van der Waals surface area (Å²) in [4.78, 5) is 15.0. The minimum absolute atomic E-state index is 0.0153. The fourth-order valence-electron chi connectivity index (χ4n) is 4.99. The first-order valence-electron chi connectivity index (χ1n) is 11.1. The van der Waals surface area contributed by atoms with Crippen molar-refractivity contribution in [1.82, 2.24) is 9.62 Å². The smallest absolute Gasteiger partial charge is 0.225 e. The molecule has 1 saturated carbocycles. The molecule has 1 N–H and O–H groups in total. The van der Waals surface area contributed by atoms with Gasteiger partial charge in [0.05, 0.1) is 12.3 Å². The van der Waals surface area contributed by atoms with E-state index in [-0.39, 0.29) is 29.3 Å². The van der Waals surface area contributed by atoms with Gasteiger partial charge < -0.3 is 4.90 Å². The van der Waals surface area contributed by atoms with Crippen molar-refractivity contribution in [1.29, 1.82) is 0 Å². The Labute approximate surface area is 185 Å². The third-order valence-corrected chi connectivity index (χ3v) is 7.47. The van der Waals surface area contributed by atoms with E-state index < -0.39 is 10.0 Å². The van der Waals surface area contributed by atoms with Crippen LogP contribution in [0.1, 0.15) is 38.7 Å². The molecule has 0 radical (unpaired) electrons. The number of amides is 1. The molecule has 166 valence electrons. The van der Waals surface area contributed by atoms with Gasteiger partial charge in [0.25, 0.3) is 0 Å². The molecule has 1 heterocycles. The summed E-state index contributed by atoms with van der Waals surface area (Å²) in [6, 6.07) is 18.2. The molecule has 1 saturated heterocycles.